The van der Waals surface area contributed by atoms with E-state index in [4.69, 9.17) is 10.0 Å². The predicted octanol–water partition coefficient (Wildman–Crippen LogP) is 1.39. The van der Waals surface area contributed by atoms with E-state index in [-0.39, 0.29) is 13.1 Å². The number of carbonyl (C=O) groups is 1. The number of benzene rings is 1. The van der Waals surface area contributed by atoms with Gasteiger partial charge in [0.2, 0.25) is 0 Å². The first kappa shape index (κ1) is 19.3. The molecule has 0 aliphatic carbocycles. The van der Waals surface area contributed by atoms with E-state index in [1.807, 2.05) is 24.3 Å². The van der Waals surface area contributed by atoms with Gasteiger partial charge >= 0.3 is 0 Å². The first-order valence-electron chi connectivity index (χ1n) is 7.86. The first-order chi connectivity index (χ1) is 11.8. The highest BCUT2D eigenvalue weighted by atomic mass is 32.2. The van der Waals surface area contributed by atoms with Gasteiger partial charge in [-0.25, -0.2) is 13.9 Å². The summed E-state index contributed by atoms with van der Waals surface area (Å²) in [6, 6.07) is 7.48. The highest BCUT2D eigenvalue weighted by Crippen LogP contribution is 2.23. The molecule has 2 atom stereocenters. The SMILES string of the molecule is CS(=O)(=O)C(C[C@H]1CC(c2ccc(CCCF)cc2)=NO1)C(=O)NO. The molecule has 2 N–H and O–H groups in total. The smallest absolute Gasteiger partial charge is 0.261 e. The van der Waals surface area contributed by atoms with Gasteiger partial charge in [-0.3, -0.25) is 14.4 Å². The maximum Gasteiger partial charge on any atom is 0.261 e. The predicted molar refractivity (Wildman–Crippen MR) is 89.9 cm³/mol. The summed E-state index contributed by atoms with van der Waals surface area (Å²) in [5.41, 5.74) is 3.88. The van der Waals surface area contributed by atoms with Gasteiger partial charge in [0.15, 0.2) is 9.84 Å². The van der Waals surface area contributed by atoms with Crippen molar-refractivity contribution in [3.63, 3.8) is 0 Å². The molecule has 1 aliphatic heterocycles. The Labute approximate surface area is 145 Å². The fraction of sp³-hybridized carbons (Fsp3) is 0.500. The Morgan fingerprint density at radius 1 is 1.44 bits per heavy atom. The quantitative estimate of drug-likeness (QED) is 0.530. The molecule has 0 bridgehead atoms. The molecule has 138 valence electrons. The van der Waals surface area contributed by atoms with Crippen LogP contribution >= 0.6 is 0 Å². The molecule has 0 saturated carbocycles. The molecule has 2 rings (SSSR count). The molecule has 1 aromatic rings. The third-order valence-electron chi connectivity index (χ3n) is 4.02. The summed E-state index contributed by atoms with van der Waals surface area (Å²) in [5, 5.41) is 11.3. The zero-order valence-corrected chi connectivity index (χ0v) is 14.6. The molecule has 0 radical (unpaired) electrons. The van der Waals surface area contributed by atoms with Crippen molar-refractivity contribution in [3.05, 3.63) is 35.4 Å². The van der Waals surface area contributed by atoms with Crippen LogP contribution in [0.2, 0.25) is 0 Å². The molecule has 1 heterocycles. The van der Waals surface area contributed by atoms with E-state index in [0.717, 1.165) is 17.4 Å². The number of halogens is 1. The number of nitrogens with one attached hydrogen (secondary N) is 1. The van der Waals surface area contributed by atoms with Crippen LogP contribution in [0.5, 0.6) is 0 Å². The number of oxime groups is 1. The van der Waals surface area contributed by atoms with Gasteiger partial charge < -0.3 is 4.84 Å². The van der Waals surface area contributed by atoms with Gasteiger partial charge in [0.1, 0.15) is 11.4 Å². The van der Waals surface area contributed by atoms with Crippen LogP contribution in [0, 0.1) is 0 Å². The van der Waals surface area contributed by atoms with Gasteiger partial charge in [0.05, 0.1) is 12.4 Å². The Bertz CT molecular complexity index is 733. The molecule has 1 unspecified atom stereocenters. The number of aryl methyl sites for hydroxylation is 1. The maximum atomic E-state index is 12.2. The van der Waals surface area contributed by atoms with Crippen LogP contribution in [0.1, 0.15) is 30.4 Å². The minimum absolute atomic E-state index is 0.104. The third-order valence-corrected chi connectivity index (χ3v) is 5.46. The van der Waals surface area contributed by atoms with E-state index >= 15 is 0 Å². The van der Waals surface area contributed by atoms with Crippen LogP contribution in [0.25, 0.3) is 0 Å². The molecule has 25 heavy (non-hydrogen) atoms. The molecular formula is C16H21FN2O5S. The van der Waals surface area contributed by atoms with Crippen molar-refractivity contribution < 1.29 is 27.6 Å². The van der Waals surface area contributed by atoms with Crippen molar-refractivity contribution in [2.45, 2.75) is 37.0 Å². The van der Waals surface area contributed by atoms with Crippen molar-refractivity contribution in [3.8, 4) is 0 Å². The summed E-state index contributed by atoms with van der Waals surface area (Å²) in [4.78, 5) is 16.8. The number of sulfone groups is 1. The molecule has 9 heteroatoms. The average Bonchev–Trinajstić information content (AvgIpc) is 3.05. The monoisotopic (exact) mass is 372 g/mol. The number of amides is 1. The van der Waals surface area contributed by atoms with Crippen LogP contribution in [-0.2, 0) is 25.9 Å². The molecule has 0 fully saturated rings. The van der Waals surface area contributed by atoms with Crippen LogP contribution < -0.4 is 5.48 Å². The molecule has 0 spiro atoms. The lowest BCUT2D eigenvalue weighted by molar-refractivity contribution is -0.129. The Morgan fingerprint density at radius 2 is 2.12 bits per heavy atom. The van der Waals surface area contributed by atoms with Crippen LogP contribution in [-0.4, -0.2) is 49.5 Å². The Balaban J connectivity index is 1.99. The summed E-state index contributed by atoms with van der Waals surface area (Å²) in [6.07, 6.45) is 1.75. The van der Waals surface area contributed by atoms with Gasteiger partial charge in [0.25, 0.3) is 5.91 Å². The molecule has 0 saturated heterocycles. The van der Waals surface area contributed by atoms with Crippen molar-refractivity contribution in [1.29, 1.82) is 0 Å². The Hall–Kier alpha value is -2.00. The van der Waals surface area contributed by atoms with Gasteiger partial charge in [0, 0.05) is 19.1 Å². The van der Waals surface area contributed by atoms with E-state index in [0.29, 0.717) is 25.0 Å². The molecule has 1 aromatic carbocycles. The molecule has 0 aromatic heterocycles. The Morgan fingerprint density at radius 3 is 2.68 bits per heavy atom. The molecule has 7 nitrogen and oxygen atoms in total. The lowest BCUT2D eigenvalue weighted by atomic mass is 10.00. The normalized spacial score (nSPS) is 18.4. The summed E-state index contributed by atoms with van der Waals surface area (Å²) in [7, 11) is -3.69. The largest absolute Gasteiger partial charge is 0.392 e. The van der Waals surface area contributed by atoms with E-state index in [9.17, 15) is 17.6 Å². The number of nitrogens with zero attached hydrogens (tertiary/aromatic N) is 1. The van der Waals surface area contributed by atoms with Crippen LogP contribution in [0.15, 0.2) is 29.4 Å². The van der Waals surface area contributed by atoms with Crippen molar-refractivity contribution >= 4 is 21.5 Å². The van der Waals surface area contributed by atoms with Gasteiger partial charge in [-0.15, -0.1) is 0 Å². The van der Waals surface area contributed by atoms with Gasteiger partial charge in [-0.2, -0.15) is 0 Å². The summed E-state index contributed by atoms with van der Waals surface area (Å²) in [6.45, 7) is -0.354. The van der Waals surface area contributed by atoms with E-state index in [1.54, 1.807) is 0 Å². The number of hydroxylamine groups is 1. The van der Waals surface area contributed by atoms with Crippen molar-refractivity contribution in [2.75, 3.05) is 12.9 Å². The highest BCUT2D eigenvalue weighted by molar-refractivity contribution is 7.92. The zero-order valence-electron chi connectivity index (χ0n) is 13.8. The van der Waals surface area contributed by atoms with E-state index in [1.165, 1.54) is 5.48 Å². The van der Waals surface area contributed by atoms with Crippen molar-refractivity contribution in [2.24, 2.45) is 5.16 Å². The fourth-order valence-corrected chi connectivity index (χ4v) is 3.65. The topological polar surface area (TPSA) is 105 Å². The fourth-order valence-electron chi connectivity index (χ4n) is 2.65. The second-order valence-corrected chi connectivity index (χ2v) is 8.22. The second kappa shape index (κ2) is 8.39. The third kappa shape index (κ3) is 5.23. The lowest BCUT2D eigenvalue weighted by Gasteiger charge is -2.15. The summed E-state index contributed by atoms with van der Waals surface area (Å²) in [5.74, 6) is -0.989. The zero-order chi connectivity index (χ0) is 18.4. The maximum absolute atomic E-state index is 12.2. The number of carbonyl (C=O) groups excluding carboxylic acids is 1. The van der Waals surface area contributed by atoms with Crippen LogP contribution in [0.4, 0.5) is 4.39 Å². The number of alkyl halides is 1. The minimum Gasteiger partial charge on any atom is -0.392 e. The lowest BCUT2D eigenvalue weighted by Crippen LogP contribution is -2.40. The number of rotatable bonds is 8. The summed E-state index contributed by atoms with van der Waals surface area (Å²) < 4.78 is 35.6. The molecule has 1 amide bonds. The van der Waals surface area contributed by atoms with E-state index in [2.05, 4.69) is 5.16 Å². The van der Waals surface area contributed by atoms with Gasteiger partial charge in [-0.1, -0.05) is 29.4 Å². The number of hydrogen-bond donors (Lipinski definition) is 2. The van der Waals surface area contributed by atoms with E-state index < -0.39 is 27.1 Å². The summed E-state index contributed by atoms with van der Waals surface area (Å²) >= 11 is 0. The first-order valence-corrected chi connectivity index (χ1v) is 9.81. The number of hydrogen-bond acceptors (Lipinski definition) is 6. The average molecular weight is 372 g/mol. The standard InChI is InChI=1S/C16H21FN2O5S/c1-25(22,23)15(16(20)18-21)10-13-9-14(19-24-13)12-6-4-11(5-7-12)3-2-8-17/h4-7,13,15,21H,2-3,8-10H2,1H3,(H,18,20)/t13-,15?/m1/s1. The second-order valence-electron chi connectivity index (χ2n) is 5.99. The molecule has 1 aliphatic rings. The van der Waals surface area contributed by atoms with Gasteiger partial charge in [-0.05, 0) is 24.0 Å². The highest BCUT2D eigenvalue weighted by Gasteiger charge is 2.35. The van der Waals surface area contributed by atoms with Crippen molar-refractivity contribution in [1.82, 2.24) is 5.48 Å². The molecular weight excluding hydrogens is 351 g/mol. The van der Waals surface area contributed by atoms with Crippen LogP contribution in [0.3, 0.4) is 0 Å². The Kier molecular flexibility index (Phi) is 6.49. The minimum atomic E-state index is -3.69.